The largest absolute Gasteiger partial charge is 0.394 e. The van der Waals surface area contributed by atoms with E-state index in [1.807, 2.05) is 0 Å². The van der Waals surface area contributed by atoms with Crippen LogP contribution in [0.1, 0.15) is 20.8 Å². The third-order valence-electron chi connectivity index (χ3n) is 3.97. The maximum Gasteiger partial charge on any atom is 0.213 e. The van der Waals surface area contributed by atoms with Crippen molar-refractivity contribution in [1.29, 1.82) is 0 Å². The minimum atomic E-state index is -3.39. The summed E-state index contributed by atoms with van der Waals surface area (Å²) < 4.78 is 4.69. The van der Waals surface area contributed by atoms with Gasteiger partial charge in [-0.1, -0.05) is 0 Å². The molecule has 0 bridgehead atoms. The maximum absolute atomic E-state index is 11.8. The average molecular weight is 306 g/mol. The van der Waals surface area contributed by atoms with Crippen molar-refractivity contribution in [2.75, 3.05) is 6.61 Å². The van der Waals surface area contributed by atoms with Gasteiger partial charge in [0, 0.05) is 0 Å². The van der Waals surface area contributed by atoms with Crippen LogP contribution in [-0.4, -0.2) is 78.7 Å². The van der Waals surface area contributed by atoms with Gasteiger partial charge in [0.1, 0.15) is 6.10 Å². The summed E-state index contributed by atoms with van der Waals surface area (Å²) in [4.78, 5) is 35.3. The zero-order valence-corrected chi connectivity index (χ0v) is 11.7. The van der Waals surface area contributed by atoms with Crippen LogP contribution in [0, 0.1) is 0 Å². The Bertz CT molecular complexity index is 489. The molecule has 9 heteroatoms. The molecule has 120 valence electrons. The monoisotopic (exact) mass is 306 g/mol. The Hall–Kier alpha value is -1.23. The Labute approximate surface area is 119 Å². The first-order valence-corrected chi connectivity index (χ1v) is 6.06. The van der Waals surface area contributed by atoms with Crippen molar-refractivity contribution in [1.82, 2.24) is 0 Å². The minimum Gasteiger partial charge on any atom is -0.394 e. The van der Waals surface area contributed by atoms with Crippen molar-refractivity contribution >= 4 is 17.3 Å². The van der Waals surface area contributed by atoms with Gasteiger partial charge in [0.2, 0.25) is 11.2 Å². The lowest BCUT2D eigenvalue weighted by atomic mass is 9.61. The third kappa shape index (κ3) is 1.90. The van der Waals surface area contributed by atoms with Gasteiger partial charge in [-0.2, -0.15) is 0 Å². The molecule has 1 saturated heterocycles. The lowest BCUT2D eigenvalue weighted by Gasteiger charge is -2.56. The van der Waals surface area contributed by atoms with Gasteiger partial charge in [-0.05, 0) is 20.8 Å². The van der Waals surface area contributed by atoms with E-state index in [1.165, 1.54) is 0 Å². The van der Waals surface area contributed by atoms with Crippen molar-refractivity contribution in [3.05, 3.63) is 0 Å². The Morgan fingerprint density at radius 2 is 1.38 bits per heavy atom. The van der Waals surface area contributed by atoms with Crippen LogP contribution >= 0.6 is 0 Å². The van der Waals surface area contributed by atoms with Crippen molar-refractivity contribution in [2.24, 2.45) is 0 Å². The topological polar surface area (TPSA) is 162 Å². The second kappa shape index (κ2) is 5.20. The lowest BCUT2D eigenvalue weighted by molar-refractivity contribution is -0.359. The van der Waals surface area contributed by atoms with Crippen molar-refractivity contribution in [2.45, 2.75) is 50.0 Å². The van der Waals surface area contributed by atoms with Gasteiger partial charge in [0.25, 0.3) is 0 Å². The van der Waals surface area contributed by atoms with E-state index in [9.17, 15) is 39.9 Å². The number of rotatable bonds is 4. The number of carbonyl (C=O) groups excluding carboxylic acids is 3. The number of aliphatic hydroxyl groups excluding tert-OH is 2. The van der Waals surface area contributed by atoms with E-state index in [4.69, 9.17) is 0 Å². The summed E-state index contributed by atoms with van der Waals surface area (Å²) in [5.74, 6) is -3.88. The van der Waals surface area contributed by atoms with Crippen LogP contribution in [0.3, 0.4) is 0 Å². The fourth-order valence-corrected chi connectivity index (χ4v) is 2.68. The molecular weight excluding hydrogens is 288 g/mol. The molecule has 1 rings (SSSR count). The second-order valence-electron chi connectivity index (χ2n) is 5.07. The Morgan fingerprint density at radius 1 is 0.952 bits per heavy atom. The highest BCUT2D eigenvalue weighted by molar-refractivity contribution is 6.05. The van der Waals surface area contributed by atoms with Crippen LogP contribution in [0.5, 0.6) is 0 Å². The zero-order chi connectivity index (χ0) is 16.8. The van der Waals surface area contributed by atoms with Crippen LogP contribution in [0.15, 0.2) is 0 Å². The van der Waals surface area contributed by atoms with Crippen LogP contribution in [-0.2, 0) is 19.1 Å². The van der Waals surface area contributed by atoms with Gasteiger partial charge in [0.15, 0.2) is 29.2 Å². The van der Waals surface area contributed by atoms with E-state index in [1.54, 1.807) is 0 Å². The fourth-order valence-electron chi connectivity index (χ4n) is 2.68. The van der Waals surface area contributed by atoms with Crippen LogP contribution < -0.4 is 0 Å². The molecule has 0 aromatic carbocycles. The summed E-state index contributed by atoms with van der Waals surface area (Å²) in [5, 5.41) is 50.3. The van der Waals surface area contributed by atoms with Gasteiger partial charge < -0.3 is 30.3 Å². The number of hydrogen-bond acceptors (Lipinski definition) is 9. The molecule has 0 spiro atoms. The van der Waals surface area contributed by atoms with Gasteiger partial charge in [-0.3, -0.25) is 14.4 Å². The molecule has 1 unspecified atom stereocenters. The SMILES string of the molecule is CC(=O)[C@]1(O)[C@@](O)(C(C)=O)[C@@H](CO)OC(O)[C@@]1(O)C(C)=O. The molecular formula is C12H18O9. The first kappa shape index (κ1) is 17.8. The Morgan fingerprint density at radius 3 is 1.67 bits per heavy atom. The number of aliphatic hydroxyl groups is 5. The molecule has 0 aromatic rings. The summed E-state index contributed by atoms with van der Waals surface area (Å²) in [6.07, 6.45) is -4.35. The van der Waals surface area contributed by atoms with Crippen molar-refractivity contribution in [3.8, 4) is 0 Å². The van der Waals surface area contributed by atoms with Gasteiger partial charge in [0.05, 0.1) is 6.61 Å². The van der Waals surface area contributed by atoms with E-state index in [-0.39, 0.29) is 0 Å². The molecule has 5 N–H and O–H groups in total. The molecule has 21 heavy (non-hydrogen) atoms. The van der Waals surface area contributed by atoms with Gasteiger partial charge in [-0.25, -0.2) is 0 Å². The molecule has 0 aromatic heterocycles. The molecule has 9 nitrogen and oxygen atoms in total. The first-order valence-electron chi connectivity index (χ1n) is 6.06. The average Bonchev–Trinajstić information content (AvgIpc) is 2.39. The Kier molecular flexibility index (Phi) is 4.41. The molecule has 0 aliphatic carbocycles. The van der Waals surface area contributed by atoms with E-state index < -0.39 is 53.2 Å². The highest BCUT2D eigenvalue weighted by Crippen LogP contribution is 2.45. The zero-order valence-electron chi connectivity index (χ0n) is 11.7. The summed E-state index contributed by atoms with van der Waals surface area (Å²) in [6, 6.07) is 0. The highest BCUT2D eigenvalue weighted by atomic mass is 16.6. The Balaban J connectivity index is 3.78. The quantitative estimate of drug-likeness (QED) is 0.357. The number of hydrogen-bond donors (Lipinski definition) is 5. The molecule has 0 radical (unpaired) electrons. The molecule has 1 fully saturated rings. The van der Waals surface area contributed by atoms with Crippen LogP contribution in [0.2, 0.25) is 0 Å². The molecule has 5 atom stereocenters. The third-order valence-corrected chi connectivity index (χ3v) is 3.97. The molecule has 1 heterocycles. The smallest absolute Gasteiger partial charge is 0.213 e. The number of ketones is 3. The number of carbonyl (C=O) groups is 3. The van der Waals surface area contributed by atoms with Gasteiger partial charge >= 0.3 is 0 Å². The van der Waals surface area contributed by atoms with Crippen LogP contribution in [0.4, 0.5) is 0 Å². The van der Waals surface area contributed by atoms with Crippen molar-refractivity contribution < 1.29 is 44.7 Å². The number of Topliss-reactive ketones (excluding diaryl/α,β-unsaturated/α-hetero) is 3. The van der Waals surface area contributed by atoms with Crippen molar-refractivity contribution in [3.63, 3.8) is 0 Å². The summed E-state index contributed by atoms with van der Waals surface area (Å²) in [6.45, 7) is 1.17. The summed E-state index contributed by atoms with van der Waals surface area (Å²) in [5.41, 5.74) is -9.78. The standard InChI is InChI=1S/C12H18O9/c1-5(14)10(18)8(4-13)21-9(17)11(19,6(2)15)12(10,20)7(3)16/h8-9,13,17-20H,4H2,1-3H3/t8-,9?,10-,11+,12+/m1/s1. The van der Waals surface area contributed by atoms with Gasteiger partial charge in [-0.15, -0.1) is 0 Å². The normalized spacial score (nSPS) is 43.4. The summed E-state index contributed by atoms with van der Waals surface area (Å²) >= 11 is 0. The minimum absolute atomic E-state index is 0.717. The number of ether oxygens (including phenoxy) is 1. The van der Waals surface area contributed by atoms with E-state index in [0.717, 1.165) is 13.8 Å². The second-order valence-corrected chi connectivity index (χ2v) is 5.07. The van der Waals surface area contributed by atoms with E-state index >= 15 is 0 Å². The van der Waals surface area contributed by atoms with E-state index in [2.05, 4.69) is 4.74 Å². The fraction of sp³-hybridized carbons (Fsp3) is 0.750. The molecule has 0 saturated carbocycles. The highest BCUT2D eigenvalue weighted by Gasteiger charge is 2.78. The molecule has 0 amide bonds. The molecule has 1 aliphatic heterocycles. The first-order chi connectivity index (χ1) is 9.42. The predicted molar refractivity (Wildman–Crippen MR) is 64.9 cm³/mol. The van der Waals surface area contributed by atoms with Crippen LogP contribution in [0.25, 0.3) is 0 Å². The predicted octanol–water partition coefficient (Wildman–Crippen LogP) is -3.34. The lowest BCUT2D eigenvalue weighted by Crippen LogP contribution is -2.86. The van der Waals surface area contributed by atoms with E-state index in [0.29, 0.717) is 6.92 Å². The maximum atomic E-state index is 11.8. The summed E-state index contributed by atoms with van der Waals surface area (Å²) in [7, 11) is 0. The molecule has 1 aliphatic rings.